The van der Waals surface area contributed by atoms with Gasteiger partial charge in [-0.3, -0.25) is 0 Å². The molecule has 11 rings (SSSR count). The topological polar surface area (TPSA) is 0 Å². The SMILES string of the molecule is CC1(C)c2ccccc2-c2cc3c(-c4ccc(-c5cccc6ccccc56)c5ccccc45)c4ccccc4c(-c4ccc5ccccc5c4)c3cc21. The minimum Gasteiger partial charge on any atom is -0.0619 e. The molecule has 0 nitrogen and oxygen atoms in total. The molecule has 0 spiro atoms. The molecule has 0 amide bonds. The third-order valence-electron chi connectivity index (χ3n) is 12.0. The van der Waals surface area contributed by atoms with Crippen LogP contribution in [0.1, 0.15) is 25.0 Å². The molecule has 0 N–H and O–H groups in total. The van der Waals surface area contributed by atoms with E-state index in [1.54, 1.807) is 0 Å². The van der Waals surface area contributed by atoms with Crippen molar-refractivity contribution < 1.29 is 0 Å². The van der Waals surface area contributed by atoms with Crippen LogP contribution in [-0.2, 0) is 5.41 Å². The molecule has 0 saturated heterocycles. The second kappa shape index (κ2) is 11.2. The van der Waals surface area contributed by atoms with E-state index in [2.05, 4.69) is 196 Å². The monoisotopic (exact) mass is 672 g/mol. The fourth-order valence-corrected chi connectivity index (χ4v) is 9.53. The highest BCUT2D eigenvalue weighted by molar-refractivity contribution is 6.25. The van der Waals surface area contributed by atoms with Gasteiger partial charge < -0.3 is 0 Å². The van der Waals surface area contributed by atoms with E-state index in [0.29, 0.717) is 0 Å². The summed E-state index contributed by atoms with van der Waals surface area (Å²) in [7, 11) is 0. The molecule has 10 aromatic rings. The van der Waals surface area contributed by atoms with Gasteiger partial charge in [-0.05, 0) is 128 Å². The van der Waals surface area contributed by atoms with Crippen LogP contribution in [0.3, 0.4) is 0 Å². The van der Waals surface area contributed by atoms with Gasteiger partial charge in [-0.25, -0.2) is 0 Å². The first-order valence-electron chi connectivity index (χ1n) is 18.7. The van der Waals surface area contributed by atoms with Crippen LogP contribution >= 0.6 is 0 Å². The number of hydrogen-bond acceptors (Lipinski definition) is 0. The van der Waals surface area contributed by atoms with Gasteiger partial charge in [0.1, 0.15) is 0 Å². The van der Waals surface area contributed by atoms with Crippen LogP contribution < -0.4 is 0 Å². The molecule has 0 radical (unpaired) electrons. The molecule has 0 heteroatoms. The van der Waals surface area contributed by atoms with Crippen molar-refractivity contribution >= 4 is 53.9 Å². The van der Waals surface area contributed by atoms with Crippen molar-refractivity contribution in [1.82, 2.24) is 0 Å². The second-order valence-corrected chi connectivity index (χ2v) is 15.2. The summed E-state index contributed by atoms with van der Waals surface area (Å²) in [5.74, 6) is 0. The van der Waals surface area contributed by atoms with E-state index in [1.165, 1.54) is 109 Å². The summed E-state index contributed by atoms with van der Waals surface area (Å²) in [4.78, 5) is 0. The molecule has 0 bridgehead atoms. The van der Waals surface area contributed by atoms with E-state index < -0.39 is 0 Å². The summed E-state index contributed by atoms with van der Waals surface area (Å²) in [6, 6.07) is 68.0. The molecule has 248 valence electrons. The van der Waals surface area contributed by atoms with Gasteiger partial charge in [-0.15, -0.1) is 0 Å². The Morgan fingerprint density at radius 2 is 0.830 bits per heavy atom. The molecule has 0 aliphatic heterocycles. The van der Waals surface area contributed by atoms with Gasteiger partial charge in [-0.2, -0.15) is 0 Å². The van der Waals surface area contributed by atoms with Crippen molar-refractivity contribution in [2.45, 2.75) is 19.3 Å². The highest BCUT2D eigenvalue weighted by Crippen LogP contribution is 2.54. The van der Waals surface area contributed by atoms with Crippen molar-refractivity contribution in [2.75, 3.05) is 0 Å². The van der Waals surface area contributed by atoms with E-state index >= 15 is 0 Å². The number of benzene rings is 10. The van der Waals surface area contributed by atoms with Crippen LogP contribution in [0.25, 0.3) is 98.4 Å². The Morgan fingerprint density at radius 1 is 0.283 bits per heavy atom. The highest BCUT2D eigenvalue weighted by Gasteiger charge is 2.36. The van der Waals surface area contributed by atoms with Crippen LogP contribution in [0, 0.1) is 0 Å². The Hall–Kier alpha value is -6.50. The second-order valence-electron chi connectivity index (χ2n) is 15.2. The van der Waals surface area contributed by atoms with Crippen LogP contribution in [0.15, 0.2) is 182 Å². The van der Waals surface area contributed by atoms with Crippen molar-refractivity contribution in [3.8, 4) is 44.5 Å². The summed E-state index contributed by atoms with van der Waals surface area (Å²) in [6.45, 7) is 4.78. The predicted octanol–water partition coefficient (Wildman–Crippen LogP) is 14.8. The van der Waals surface area contributed by atoms with Gasteiger partial charge >= 0.3 is 0 Å². The third kappa shape index (κ3) is 4.36. The summed E-state index contributed by atoms with van der Waals surface area (Å²) in [6.07, 6.45) is 0. The average molecular weight is 673 g/mol. The number of rotatable bonds is 3. The average Bonchev–Trinajstić information content (AvgIpc) is 3.43. The maximum atomic E-state index is 2.54. The van der Waals surface area contributed by atoms with Gasteiger partial charge in [0.15, 0.2) is 0 Å². The molecule has 0 aromatic heterocycles. The molecule has 10 aromatic carbocycles. The first kappa shape index (κ1) is 30.2. The number of fused-ring (bicyclic) bond motifs is 8. The quantitative estimate of drug-likeness (QED) is 0.164. The van der Waals surface area contributed by atoms with Crippen molar-refractivity contribution in [3.05, 3.63) is 193 Å². The molecule has 0 atom stereocenters. The van der Waals surface area contributed by atoms with E-state index in [9.17, 15) is 0 Å². The molecular formula is C53H36. The summed E-state index contributed by atoms with van der Waals surface area (Å²) >= 11 is 0. The summed E-state index contributed by atoms with van der Waals surface area (Å²) in [5.41, 5.74) is 13.0. The van der Waals surface area contributed by atoms with Crippen molar-refractivity contribution in [1.29, 1.82) is 0 Å². The molecule has 53 heavy (non-hydrogen) atoms. The van der Waals surface area contributed by atoms with E-state index in [4.69, 9.17) is 0 Å². The fraction of sp³-hybridized carbons (Fsp3) is 0.0566. The third-order valence-corrected chi connectivity index (χ3v) is 12.0. The lowest BCUT2D eigenvalue weighted by atomic mass is 9.79. The predicted molar refractivity (Wildman–Crippen MR) is 228 cm³/mol. The molecule has 1 aliphatic rings. The van der Waals surface area contributed by atoms with Crippen LogP contribution in [-0.4, -0.2) is 0 Å². The smallest absolute Gasteiger partial charge is 0.0159 e. The minimum atomic E-state index is -0.112. The van der Waals surface area contributed by atoms with Crippen LogP contribution in [0.2, 0.25) is 0 Å². The van der Waals surface area contributed by atoms with Gasteiger partial charge in [0, 0.05) is 5.41 Å². The molecule has 0 saturated carbocycles. The van der Waals surface area contributed by atoms with Gasteiger partial charge in [0.05, 0.1) is 0 Å². The maximum Gasteiger partial charge on any atom is 0.0159 e. The Bertz CT molecular complexity index is 3130. The van der Waals surface area contributed by atoms with Gasteiger partial charge in [0.2, 0.25) is 0 Å². The van der Waals surface area contributed by atoms with E-state index in [0.717, 1.165) is 0 Å². The minimum absolute atomic E-state index is 0.112. The molecule has 1 aliphatic carbocycles. The lowest BCUT2D eigenvalue weighted by Gasteiger charge is -2.24. The van der Waals surface area contributed by atoms with Crippen LogP contribution in [0.5, 0.6) is 0 Å². The Kier molecular flexibility index (Phi) is 6.40. The fourth-order valence-electron chi connectivity index (χ4n) is 9.53. The van der Waals surface area contributed by atoms with Gasteiger partial charge in [0.25, 0.3) is 0 Å². The standard InChI is InChI=1S/C53H36/c1-53(2)49-25-12-11-21-42(49)46-31-47-48(32-50(46)53)51(36-27-26-33-14-3-4-16-35(33)30-36)43-22-9-10-23-44(43)52(47)45-29-28-41(39-19-7-8-20-40(39)45)38-24-13-17-34-15-5-6-18-37(34)38/h3-32H,1-2H3. The summed E-state index contributed by atoms with van der Waals surface area (Å²) < 4.78 is 0. The van der Waals surface area contributed by atoms with Crippen LogP contribution in [0.4, 0.5) is 0 Å². The zero-order valence-electron chi connectivity index (χ0n) is 29.8. The first-order chi connectivity index (χ1) is 26.1. The first-order valence-corrected chi connectivity index (χ1v) is 18.7. The van der Waals surface area contributed by atoms with E-state index in [-0.39, 0.29) is 5.41 Å². The Labute approximate surface area is 309 Å². The molecule has 0 fully saturated rings. The lowest BCUT2D eigenvalue weighted by molar-refractivity contribution is 0.661. The zero-order valence-corrected chi connectivity index (χ0v) is 29.8. The van der Waals surface area contributed by atoms with E-state index in [1.807, 2.05) is 0 Å². The summed E-state index contributed by atoms with van der Waals surface area (Å²) in [5, 5.41) is 12.7. The van der Waals surface area contributed by atoms with Crippen molar-refractivity contribution in [3.63, 3.8) is 0 Å². The molecule has 0 heterocycles. The number of hydrogen-bond donors (Lipinski definition) is 0. The largest absolute Gasteiger partial charge is 0.0619 e. The lowest BCUT2D eigenvalue weighted by Crippen LogP contribution is -2.14. The van der Waals surface area contributed by atoms with Crippen molar-refractivity contribution in [2.24, 2.45) is 0 Å². The molecule has 0 unspecified atom stereocenters. The maximum absolute atomic E-state index is 2.54. The normalized spacial score (nSPS) is 13.2. The Morgan fingerprint density at radius 3 is 1.64 bits per heavy atom. The van der Waals surface area contributed by atoms with Gasteiger partial charge in [-0.1, -0.05) is 178 Å². The Balaban J connectivity index is 1.29. The highest BCUT2D eigenvalue weighted by atomic mass is 14.4. The molecular weight excluding hydrogens is 637 g/mol. The zero-order chi connectivity index (χ0) is 35.3.